The smallest absolute Gasteiger partial charge is 0.255 e. The lowest BCUT2D eigenvalue weighted by atomic mass is 10.1. The van der Waals surface area contributed by atoms with Crippen molar-refractivity contribution in [1.29, 1.82) is 0 Å². The van der Waals surface area contributed by atoms with Crippen molar-refractivity contribution in [2.75, 3.05) is 6.54 Å². The molecule has 86 valence electrons. The molecule has 4 nitrogen and oxygen atoms in total. The molecule has 1 rings (SSSR count). The van der Waals surface area contributed by atoms with Gasteiger partial charge in [-0.3, -0.25) is 9.59 Å². The van der Waals surface area contributed by atoms with Gasteiger partial charge in [0.2, 0.25) is 0 Å². The Kier molecular flexibility index (Phi) is 4.05. The number of hydrogen-bond donors (Lipinski definition) is 2. The zero-order valence-corrected chi connectivity index (χ0v) is 9.36. The van der Waals surface area contributed by atoms with Gasteiger partial charge in [-0.05, 0) is 12.1 Å². The third kappa shape index (κ3) is 3.08. The van der Waals surface area contributed by atoms with Gasteiger partial charge in [0.05, 0.1) is 12.1 Å². The largest absolute Gasteiger partial charge is 0.507 e. The van der Waals surface area contributed by atoms with Gasteiger partial charge < -0.3 is 10.4 Å². The second-order valence-electron chi connectivity index (χ2n) is 3.82. The fourth-order valence-electron chi connectivity index (χ4n) is 1.13. The zero-order chi connectivity index (χ0) is 12.1. The SMILES string of the molecule is CC(C)C(=O)CNC(=O)c1ccccc1O. The van der Waals surface area contributed by atoms with Gasteiger partial charge in [0.15, 0.2) is 5.78 Å². The Morgan fingerprint density at radius 2 is 1.94 bits per heavy atom. The van der Waals surface area contributed by atoms with Crippen LogP contribution in [0.2, 0.25) is 0 Å². The summed E-state index contributed by atoms with van der Waals surface area (Å²) in [7, 11) is 0. The summed E-state index contributed by atoms with van der Waals surface area (Å²) in [5, 5.41) is 11.9. The molecule has 2 N–H and O–H groups in total. The van der Waals surface area contributed by atoms with E-state index in [1.165, 1.54) is 12.1 Å². The topological polar surface area (TPSA) is 66.4 Å². The number of hydrogen-bond acceptors (Lipinski definition) is 3. The lowest BCUT2D eigenvalue weighted by Crippen LogP contribution is -2.31. The highest BCUT2D eigenvalue weighted by Crippen LogP contribution is 2.14. The first-order chi connectivity index (χ1) is 7.52. The number of aromatic hydroxyl groups is 1. The monoisotopic (exact) mass is 221 g/mol. The Labute approximate surface area is 94.3 Å². The van der Waals surface area contributed by atoms with Crippen LogP contribution in [0, 0.1) is 5.92 Å². The number of Topliss-reactive ketones (excluding diaryl/α,β-unsaturated/α-hetero) is 1. The fraction of sp³-hybridized carbons (Fsp3) is 0.333. The van der Waals surface area contributed by atoms with E-state index in [1.54, 1.807) is 26.0 Å². The van der Waals surface area contributed by atoms with Crippen molar-refractivity contribution in [2.24, 2.45) is 5.92 Å². The van der Waals surface area contributed by atoms with Crippen LogP contribution in [-0.2, 0) is 4.79 Å². The highest BCUT2D eigenvalue weighted by molar-refractivity contribution is 5.99. The summed E-state index contributed by atoms with van der Waals surface area (Å²) in [6, 6.07) is 6.22. The second-order valence-corrected chi connectivity index (χ2v) is 3.82. The van der Waals surface area contributed by atoms with Crippen molar-refractivity contribution in [2.45, 2.75) is 13.8 Å². The lowest BCUT2D eigenvalue weighted by molar-refractivity contribution is -0.120. The standard InChI is InChI=1S/C12H15NO3/c1-8(2)11(15)7-13-12(16)9-5-3-4-6-10(9)14/h3-6,8,14H,7H2,1-2H3,(H,13,16). The predicted molar refractivity (Wildman–Crippen MR) is 60.3 cm³/mol. The van der Waals surface area contributed by atoms with Crippen LogP contribution in [-0.4, -0.2) is 23.3 Å². The van der Waals surface area contributed by atoms with Crippen molar-refractivity contribution in [3.63, 3.8) is 0 Å². The molecule has 0 radical (unpaired) electrons. The molecular formula is C12H15NO3. The zero-order valence-electron chi connectivity index (χ0n) is 9.36. The van der Waals surface area contributed by atoms with Crippen LogP contribution in [0.5, 0.6) is 5.75 Å². The molecule has 1 aromatic carbocycles. The van der Waals surface area contributed by atoms with Crippen LogP contribution >= 0.6 is 0 Å². The first-order valence-corrected chi connectivity index (χ1v) is 5.11. The molecule has 0 unspecified atom stereocenters. The molecule has 0 fully saturated rings. The third-order valence-corrected chi connectivity index (χ3v) is 2.22. The summed E-state index contributed by atoms with van der Waals surface area (Å²) >= 11 is 0. The molecule has 0 heterocycles. The summed E-state index contributed by atoms with van der Waals surface area (Å²) in [5.41, 5.74) is 0.180. The number of nitrogens with one attached hydrogen (secondary N) is 1. The van der Waals surface area contributed by atoms with E-state index in [0.717, 1.165) is 0 Å². The number of carbonyl (C=O) groups is 2. The van der Waals surface area contributed by atoms with Gasteiger partial charge in [0, 0.05) is 5.92 Å². The summed E-state index contributed by atoms with van der Waals surface area (Å²) in [5.74, 6) is -0.669. The molecule has 0 atom stereocenters. The van der Waals surface area contributed by atoms with Crippen LogP contribution < -0.4 is 5.32 Å². The average molecular weight is 221 g/mol. The van der Waals surface area contributed by atoms with E-state index in [2.05, 4.69) is 5.32 Å². The molecule has 4 heteroatoms. The number of phenols is 1. The number of phenolic OH excluding ortho intramolecular Hbond substituents is 1. The van der Waals surface area contributed by atoms with Crippen molar-refractivity contribution >= 4 is 11.7 Å². The van der Waals surface area contributed by atoms with Gasteiger partial charge in [0.25, 0.3) is 5.91 Å². The normalized spacial score (nSPS) is 10.2. The van der Waals surface area contributed by atoms with E-state index in [9.17, 15) is 14.7 Å². The minimum absolute atomic E-state index is 0.00909. The molecule has 0 aliphatic carbocycles. The Morgan fingerprint density at radius 1 is 1.31 bits per heavy atom. The molecule has 0 aromatic heterocycles. The summed E-state index contributed by atoms with van der Waals surface area (Å²) in [6.07, 6.45) is 0. The average Bonchev–Trinajstić information content (AvgIpc) is 2.25. The van der Waals surface area contributed by atoms with Crippen LogP contribution in [0.15, 0.2) is 24.3 Å². The number of carbonyl (C=O) groups excluding carboxylic acids is 2. The molecule has 0 saturated carbocycles. The molecule has 0 aliphatic heterocycles. The molecule has 16 heavy (non-hydrogen) atoms. The minimum Gasteiger partial charge on any atom is -0.507 e. The van der Waals surface area contributed by atoms with Gasteiger partial charge >= 0.3 is 0 Å². The predicted octanol–water partition coefficient (Wildman–Crippen LogP) is 1.35. The van der Waals surface area contributed by atoms with Gasteiger partial charge in [-0.1, -0.05) is 26.0 Å². The number of benzene rings is 1. The molecule has 0 spiro atoms. The Balaban J connectivity index is 2.60. The second kappa shape index (κ2) is 5.30. The Bertz CT molecular complexity index is 399. The van der Waals surface area contributed by atoms with Crippen LogP contribution in [0.1, 0.15) is 24.2 Å². The first-order valence-electron chi connectivity index (χ1n) is 5.11. The van der Waals surface area contributed by atoms with E-state index in [0.29, 0.717) is 0 Å². The quantitative estimate of drug-likeness (QED) is 0.806. The van der Waals surface area contributed by atoms with Gasteiger partial charge in [-0.25, -0.2) is 0 Å². The molecule has 0 bridgehead atoms. The van der Waals surface area contributed by atoms with Crippen LogP contribution in [0.3, 0.4) is 0 Å². The molecule has 0 aliphatic rings. The van der Waals surface area contributed by atoms with E-state index in [-0.39, 0.29) is 29.6 Å². The van der Waals surface area contributed by atoms with Gasteiger partial charge in [-0.2, -0.15) is 0 Å². The molecule has 0 saturated heterocycles. The summed E-state index contributed by atoms with van der Waals surface area (Å²) in [4.78, 5) is 22.9. The highest BCUT2D eigenvalue weighted by atomic mass is 16.3. The van der Waals surface area contributed by atoms with E-state index in [1.807, 2.05) is 0 Å². The van der Waals surface area contributed by atoms with Crippen molar-refractivity contribution in [1.82, 2.24) is 5.32 Å². The fourth-order valence-corrected chi connectivity index (χ4v) is 1.13. The van der Waals surface area contributed by atoms with Crippen molar-refractivity contribution < 1.29 is 14.7 Å². The lowest BCUT2D eigenvalue weighted by Gasteiger charge is -2.07. The maximum atomic E-state index is 11.6. The number of amides is 1. The van der Waals surface area contributed by atoms with E-state index >= 15 is 0 Å². The molecule has 1 amide bonds. The summed E-state index contributed by atoms with van der Waals surface area (Å²) in [6.45, 7) is 3.54. The van der Waals surface area contributed by atoms with Gasteiger partial charge in [0.1, 0.15) is 5.75 Å². The third-order valence-electron chi connectivity index (χ3n) is 2.22. The summed E-state index contributed by atoms with van der Waals surface area (Å²) < 4.78 is 0. The highest BCUT2D eigenvalue weighted by Gasteiger charge is 2.12. The molecule has 1 aromatic rings. The Morgan fingerprint density at radius 3 is 2.50 bits per heavy atom. The van der Waals surface area contributed by atoms with Crippen LogP contribution in [0.25, 0.3) is 0 Å². The van der Waals surface area contributed by atoms with E-state index in [4.69, 9.17) is 0 Å². The maximum Gasteiger partial charge on any atom is 0.255 e. The van der Waals surface area contributed by atoms with Crippen molar-refractivity contribution in [3.8, 4) is 5.75 Å². The number of ketones is 1. The maximum absolute atomic E-state index is 11.6. The van der Waals surface area contributed by atoms with Crippen molar-refractivity contribution in [3.05, 3.63) is 29.8 Å². The van der Waals surface area contributed by atoms with Gasteiger partial charge in [-0.15, -0.1) is 0 Å². The van der Waals surface area contributed by atoms with Crippen LogP contribution in [0.4, 0.5) is 0 Å². The molecular weight excluding hydrogens is 206 g/mol. The Hall–Kier alpha value is -1.84. The van der Waals surface area contributed by atoms with E-state index < -0.39 is 5.91 Å². The number of rotatable bonds is 4. The minimum atomic E-state index is -0.438. The first kappa shape index (κ1) is 12.2. The number of para-hydroxylation sites is 1.